The Morgan fingerprint density at radius 3 is 2.05 bits per heavy atom. The molecule has 1 aromatic carbocycles. The molecule has 124 valence electrons. The SMILES string of the molecule is COc1ccc(NC=C(Cl)P(=O)(OC(C)C)OC(C)C)cc1. The normalized spacial score (nSPS) is 12.8. The van der Waals surface area contributed by atoms with E-state index in [2.05, 4.69) is 5.32 Å². The predicted octanol–water partition coefficient (Wildman–Crippen LogP) is 5.19. The molecule has 0 aliphatic heterocycles. The Balaban J connectivity index is 2.87. The monoisotopic (exact) mass is 347 g/mol. The molecule has 22 heavy (non-hydrogen) atoms. The molecule has 0 aliphatic rings. The van der Waals surface area contributed by atoms with E-state index in [0.717, 1.165) is 11.4 Å². The maximum atomic E-state index is 12.8. The number of ether oxygens (including phenoxy) is 1. The number of hydrogen-bond acceptors (Lipinski definition) is 5. The van der Waals surface area contributed by atoms with Crippen LogP contribution in [0.3, 0.4) is 0 Å². The molecule has 1 N–H and O–H groups in total. The van der Waals surface area contributed by atoms with Gasteiger partial charge in [0.05, 0.1) is 19.3 Å². The Morgan fingerprint density at radius 2 is 1.64 bits per heavy atom. The lowest BCUT2D eigenvalue weighted by atomic mass is 10.3. The van der Waals surface area contributed by atoms with Gasteiger partial charge in [-0.05, 0) is 52.0 Å². The molecule has 0 spiro atoms. The van der Waals surface area contributed by atoms with Crippen molar-refractivity contribution >= 4 is 24.9 Å². The van der Waals surface area contributed by atoms with Crippen LogP contribution in [0.2, 0.25) is 0 Å². The number of rotatable bonds is 8. The van der Waals surface area contributed by atoms with Crippen molar-refractivity contribution in [2.24, 2.45) is 0 Å². The summed E-state index contributed by atoms with van der Waals surface area (Å²) in [5.41, 5.74) is 0.777. The van der Waals surface area contributed by atoms with Crippen LogP contribution in [0.25, 0.3) is 0 Å². The third-order valence-corrected chi connectivity index (χ3v) is 5.19. The fourth-order valence-corrected chi connectivity index (χ4v) is 3.47. The molecule has 0 saturated heterocycles. The Kier molecular flexibility index (Phi) is 7.43. The fraction of sp³-hybridized carbons (Fsp3) is 0.467. The van der Waals surface area contributed by atoms with Crippen molar-refractivity contribution in [3.63, 3.8) is 0 Å². The molecule has 0 amide bonds. The Labute approximate surface area is 137 Å². The second-order valence-electron chi connectivity index (χ2n) is 5.15. The molecular formula is C15H23ClNO4P. The maximum absolute atomic E-state index is 12.8. The fourth-order valence-electron chi connectivity index (χ4n) is 1.59. The van der Waals surface area contributed by atoms with Gasteiger partial charge in [0.25, 0.3) is 0 Å². The van der Waals surface area contributed by atoms with E-state index in [-0.39, 0.29) is 17.0 Å². The molecule has 5 nitrogen and oxygen atoms in total. The zero-order valence-electron chi connectivity index (χ0n) is 13.5. The minimum Gasteiger partial charge on any atom is -0.497 e. The van der Waals surface area contributed by atoms with E-state index < -0.39 is 7.60 Å². The summed E-state index contributed by atoms with van der Waals surface area (Å²) in [5, 5.41) is 2.97. The summed E-state index contributed by atoms with van der Waals surface area (Å²) in [7, 11) is -1.94. The van der Waals surface area contributed by atoms with Crippen molar-refractivity contribution in [1.82, 2.24) is 0 Å². The maximum Gasteiger partial charge on any atom is 0.374 e. The highest BCUT2D eigenvalue weighted by Gasteiger charge is 2.32. The van der Waals surface area contributed by atoms with Crippen molar-refractivity contribution in [3.05, 3.63) is 35.2 Å². The standard InChI is InChI=1S/C15H23ClNO4P/c1-11(2)20-22(18,21-12(3)4)15(16)10-17-13-6-8-14(19-5)9-7-13/h6-12,17H,1-5H3. The first-order valence-corrected chi connectivity index (χ1v) is 8.92. The average Bonchev–Trinajstić information content (AvgIpc) is 2.43. The van der Waals surface area contributed by atoms with Gasteiger partial charge in [-0.15, -0.1) is 0 Å². The Bertz CT molecular complexity index is 529. The van der Waals surface area contributed by atoms with Crippen LogP contribution >= 0.6 is 19.2 Å². The van der Waals surface area contributed by atoms with Crippen molar-refractivity contribution in [2.75, 3.05) is 12.4 Å². The van der Waals surface area contributed by atoms with Gasteiger partial charge in [0, 0.05) is 11.9 Å². The largest absolute Gasteiger partial charge is 0.497 e. The van der Waals surface area contributed by atoms with E-state index in [0.29, 0.717) is 0 Å². The highest BCUT2D eigenvalue weighted by atomic mass is 35.5. The first-order chi connectivity index (χ1) is 10.3. The van der Waals surface area contributed by atoms with E-state index in [1.807, 2.05) is 12.1 Å². The highest BCUT2D eigenvalue weighted by molar-refractivity contribution is 7.61. The van der Waals surface area contributed by atoms with Gasteiger partial charge in [-0.2, -0.15) is 0 Å². The van der Waals surface area contributed by atoms with Gasteiger partial charge in [-0.1, -0.05) is 11.6 Å². The molecule has 0 saturated carbocycles. The number of hydrogen-bond donors (Lipinski definition) is 1. The summed E-state index contributed by atoms with van der Waals surface area (Å²) >= 11 is 6.15. The summed E-state index contributed by atoms with van der Waals surface area (Å²) in [5.74, 6) is 0.748. The van der Waals surface area contributed by atoms with Gasteiger partial charge in [0.15, 0.2) is 0 Å². The van der Waals surface area contributed by atoms with Crippen LogP contribution in [0.5, 0.6) is 5.75 Å². The molecule has 0 aromatic heterocycles. The second-order valence-corrected chi connectivity index (χ2v) is 7.71. The van der Waals surface area contributed by atoms with E-state index in [1.165, 1.54) is 6.20 Å². The number of benzene rings is 1. The second kappa shape index (κ2) is 8.59. The molecule has 0 unspecified atom stereocenters. The van der Waals surface area contributed by atoms with Crippen molar-refractivity contribution in [2.45, 2.75) is 39.9 Å². The van der Waals surface area contributed by atoms with Crippen LogP contribution in [0.1, 0.15) is 27.7 Å². The van der Waals surface area contributed by atoms with Gasteiger partial charge < -0.3 is 19.1 Å². The van der Waals surface area contributed by atoms with Gasteiger partial charge >= 0.3 is 7.60 Å². The quantitative estimate of drug-likeness (QED) is 0.656. The third-order valence-electron chi connectivity index (χ3n) is 2.41. The lowest BCUT2D eigenvalue weighted by molar-refractivity contribution is 0.148. The van der Waals surface area contributed by atoms with Crippen molar-refractivity contribution in [1.29, 1.82) is 0 Å². The van der Waals surface area contributed by atoms with E-state index in [1.54, 1.807) is 46.9 Å². The number of anilines is 1. The lowest BCUT2D eigenvalue weighted by Gasteiger charge is -2.22. The Hall–Kier alpha value is -1.00. The molecule has 7 heteroatoms. The zero-order chi connectivity index (χ0) is 16.8. The molecular weight excluding hydrogens is 325 g/mol. The van der Waals surface area contributed by atoms with E-state index >= 15 is 0 Å². The number of nitrogens with one attached hydrogen (secondary N) is 1. The van der Waals surface area contributed by atoms with Gasteiger partial charge in [-0.3, -0.25) is 4.57 Å². The summed E-state index contributed by atoms with van der Waals surface area (Å²) in [4.78, 5) is 0. The molecule has 0 aliphatic carbocycles. The smallest absolute Gasteiger partial charge is 0.374 e. The van der Waals surface area contributed by atoms with Crippen molar-refractivity contribution < 1.29 is 18.3 Å². The Morgan fingerprint density at radius 1 is 1.14 bits per heavy atom. The summed E-state index contributed by atoms with van der Waals surface area (Å²) in [6, 6.07) is 7.24. The van der Waals surface area contributed by atoms with Gasteiger partial charge in [0.1, 0.15) is 10.5 Å². The van der Waals surface area contributed by atoms with Crippen LogP contribution in [-0.4, -0.2) is 19.3 Å². The molecule has 0 atom stereocenters. The van der Waals surface area contributed by atoms with Crippen LogP contribution in [0.15, 0.2) is 35.2 Å². The molecule has 0 bridgehead atoms. The van der Waals surface area contributed by atoms with Crippen LogP contribution in [0.4, 0.5) is 5.69 Å². The summed E-state index contributed by atoms with van der Waals surface area (Å²) < 4.78 is 28.7. The van der Waals surface area contributed by atoms with Crippen LogP contribution in [0, 0.1) is 0 Å². The predicted molar refractivity (Wildman–Crippen MR) is 90.6 cm³/mol. The third kappa shape index (κ3) is 6.01. The molecule has 1 aromatic rings. The van der Waals surface area contributed by atoms with Gasteiger partial charge in [0.2, 0.25) is 0 Å². The topological polar surface area (TPSA) is 56.8 Å². The molecule has 0 radical (unpaired) electrons. The molecule has 1 rings (SSSR count). The van der Waals surface area contributed by atoms with Crippen molar-refractivity contribution in [3.8, 4) is 5.75 Å². The first kappa shape index (κ1) is 19.0. The van der Waals surface area contributed by atoms with E-state index in [4.69, 9.17) is 25.4 Å². The molecule has 0 heterocycles. The minimum absolute atomic E-state index is 0.00529. The highest BCUT2D eigenvalue weighted by Crippen LogP contribution is 2.59. The summed E-state index contributed by atoms with van der Waals surface area (Å²) in [6.45, 7) is 7.10. The first-order valence-electron chi connectivity index (χ1n) is 7.00. The zero-order valence-corrected chi connectivity index (χ0v) is 15.1. The number of methoxy groups -OCH3 is 1. The number of halogens is 1. The van der Waals surface area contributed by atoms with Crippen LogP contribution in [-0.2, 0) is 13.6 Å². The lowest BCUT2D eigenvalue weighted by Crippen LogP contribution is -2.08. The summed E-state index contributed by atoms with van der Waals surface area (Å²) in [6.07, 6.45) is 0.884. The minimum atomic E-state index is -3.54. The van der Waals surface area contributed by atoms with Crippen LogP contribution < -0.4 is 10.1 Å². The average molecular weight is 348 g/mol. The van der Waals surface area contributed by atoms with Gasteiger partial charge in [-0.25, -0.2) is 0 Å². The van der Waals surface area contributed by atoms with E-state index in [9.17, 15) is 4.57 Å². The molecule has 0 fully saturated rings.